The molecule has 3 atom stereocenters. The maximum Gasteiger partial charge on any atom is 0.279 e. The van der Waals surface area contributed by atoms with Gasteiger partial charge in [-0.25, -0.2) is 5.14 Å². The second-order valence-electron chi connectivity index (χ2n) is 7.55. The van der Waals surface area contributed by atoms with Gasteiger partial charge in [0, 0.05) is 30.9 Å². The Morgan fingerprint density at radius 1 is 1.38 bits per heavy atom. The number of hydrogen-bond acceptors (Lipinski definition) is 5. The molecule has 9 nitrogen and oxygen atoms in total. The van der Waals surface area contributed by atoms with Crippen LogP contribution in [0.15, 0.2) is 11.0 Å². The van der Waals surface area contributed by atoms with Crippen molar-refractivity contribution >= 4 is 27.6 Å². The summed E-state index contributed by atoms with van der Waals surface area (Å²) in [6.45, 7) is 4.99. The van der Waals surface area contributed by atoms with Crippen LogP contribution >= 0.6 is 11.6 Å². The second kappa shape index (κ2) is 6.01. The van der Waals surface area contributed by atoms with Crippen molar-refractivity contribution in [2.75, 3.05) is 6.54 Å². The largest absolute Gasteiger partial charge is 0.316 e. The molecule has 2 N–H and O–H groups in total. The Hall–Kier alpha value is -1.49. The molecule has 142 valence electrons. The molecule has 11 heteroatoms. The van der Waals surface area contributed by atoms with Crippen LogP contribution in [0.3, 0.4) is 0 Å². The topological polar surface area (TPSA) is 116 Å². The normalized spacial score (nSPS) is 26.4. The number of hydrogen-bond donors (Lipinski definition) is 1. The van der Waals surface area contributed by atoms with E-state index in [1.807, 2.05) is 24.6 Å². The zero-order chi connectivity index (χ0) is 18.8. The molecule has 0 unspecified atom stereocenters. The third kappa shape index (κ3) is 2.84. The minimum atomic E-state index is -3.64. The molecule has 0 spiro atoms. The van der Waals surface area contributed by atoms with Gasteiger partial charge in [-0.2, -0.15) is 22.2 Å². The number of aromatic nitrogens is 4. The molecule has 4 rings (SSSR count). The summed E-state index contributed by atoms with van der Waals surface area (Å²) in [6.07, 6.45) is 3.40. The van der Waals surface area contributed by atoms with Crippen molar-refractivity contribution in [1.29, 1.82) is 0 Å². The quantitative estimate of drug-likeness (QED) is 0.805. The lowest BCUT2D eigenvalue weighted by Crippen LogP contribution is -2.44. The van der Waals surface area contributed by atoms with E-state index in [0.29, 0.717) is 30.3 Å². The highest BCUT2D eigenvalue weighted by Gasteiger charge is 2.48. The van der Waals surface area contributed by atoms with Crippen LogP contribution in [0.4, 0.5) is 0 Å². The molecule has 26 heavy (non-hydrogen) atoms. The second-order valence-corrected chi connectivity index (χ2v) is 9.39. The molecular formula is C15H21ClN6O3S. The lowest BCUT2D eigenvalue weighted by atomic mass is 9.95. The number of fused-ring (bicyclic) bond motifs is 3. The first-order chi connectivity index (χ1) is 12.1. The van der Waals surface area contributed by atoms with Gasteiger partial charge < -0.3 is 4.57 Å². The Labute approximate surface area is 155 Å². The van der Waals surface area contributed by atoms with Gasteiger partial charge in [-0.05, 0) is 42.2 Å². The van der Waals surface area contributed by atoms with E-state index in [1.165, 1.54) is 8.82 Å². The minimum Gasteiger partial charge on any atom is -0.316 e. The van der Waals surface area contributed by atoms with Crippen LogP contribution in [0.1, 0.15) is 38.2 Å². The van der Waals surface area contributed by atoms with Crippen molar-refractivity contribution in [3.63, 3.8) is 0 Å². The van der Waals surface area contributed by atoms with E-state index in [4.69, 9.17) is 16.7 Å². The van der Waals surface area contributed by atoms with Gasteiger partial charge in [0.1, 0.15) is 0 Å². The average molecular weight is 401 g/mol. The lowest BCUT2D eigenvalue weighted by molar-refractivity contribution is 0.242. The molecule has 2 aromatic rings. The van der Waals surface area contributed by atoms with E-state index in [1.54, 1.807) is 0 Å². The molecule has 2 aromatic heterocycles. The fourth-order valence-electron chi connectivity index (χ4n) is 4.34. The highest BCUT2D eigenvalue weighted by molar-refractivity contribution is 7.86. The van der Waals surface area contributed by atoms with Crippen molar-refractivity contribution in [2.24, 2.45) is 17.0 Å². The number of rotatable bonds is 4. The van der Waals surface area contributed by atoms with Crippen molar-refractivity contribution in [2.45, 2.75) is 45.2 Å². The molecule has 3 heterocycles. The van der Waals surface area contributed by atoms with Crippen LogP contribution in [0, 0.1) is 11.8 Å². The van der Waals surface area contributed by atoms with Gasteiger partial charge in [-0.1, -0.05) is 13.8 Å². The Morgan fingerprint density at radius 3 is 2.69 bits per heavy atom. The van der Waals surface area contributed by atoms with Gasteiger partial charge in [-0.3, -0.25) is 4.79 Å². The van der Waals surface area contributed by atoms with Gasteiger partial charge in [0.05, 0.1) is 0 Å². The molecule has 1 saturated heterocycles. The molecule has 0 radical (unpaired) electrons. The molecule has 0 aromatic carbocycles. The SMILES string of the molecule is CC(C)c1cn(C[C@H]2C[C@H]3C[C@@H]2CN3S(N)(=O)=O)c2nc(Cl)nn2c1=O. The van der Waals surface area contributed by atoms with Crippen LogP contribution in [0.25, 0.3) is 5.78 Å². The first-order valence-electron chi connectivity index (χ1n) is 8.60. The summed E-state index contributed by atoms with van der Waals surface area (Å²) in [4.78, 5) is 16.7. The van der Waals surface area contributed by atoms with Gasteiger partial charge in [0.15, 0.2) is 0 Å². The Balaban J connectivity index is 1.67. The van der Waals surface area contributed by atoms with Crippen LogP contribution in [0.5, 0.6) is 0 Å². The summed E-state index contributed by atoms with van der Waals surface area (Å²) in [5.41, 5.74) is 0.437. The van der Waals surface area contributed by atoms with Crippen molar-refractivity contribution in [3.8, 4) is 0 Å². The van der Waals surface area contributed by atoms with Gasteiger partial charge in [0.2, 0.25) is 11.1 Å². The Bertz CT molecular complexity index is 1030. The maximum absolute atomic E-state index is 12.6. The number of nitrogens with zero attached hydrogens (tertiary/aromatic N) is 5. The van der Waals surface area contributed by atoms with Crippen LogP contribution in [-0.4, -0.2) is 44.5 Å². The predicted molar refractivity (Wildman–Crippen MR) is 96.2 cm³/mol. The van der Waals surface area contributed by atoms with Gasteiger partial charge in [0.25, 0.3) is 15.8 Å². The molecule has 2 aliphatic rings. The zero-order valence-corrected chi connectivity index (χ0v) is 16.1. The van der Waals surface area contributed by atoms with Crippen LogP contribution < -0.4 is 10.7 Å². The summed E-state index contributed by atoms with van der Waals surface area (Å²) in [6, 6.07) is -0.0403. The summed E-state index contributed by atoms with van der Waals surface area (Å²) >= 11 is 5.93. The van der Waals surface area contributed by atoms with Crippen LogP contribution in [-0.2, 0) is 16.8 Å². The molecule has 1 saturated carbocycles. The van der Waals surface area contributed by atoms with Crippen molar-refractivity contribution in [3.05, 3.63) is 27.4 Å². The number of halogens is 1. The first-order valence-corrected chi connectivity index (χ1v) is 10.5. The Kier molecular flexibility index (Phi) is 4.14. The number of piperidine rings is 1. The van der Waals surface area contributed by atoms with E-state index >= 15 is 0 Å². The maximum atomic E-state index is 12.6. The van der Waals surface area contributed by atoms with E-state index in [2.05, 4.69) is 10.1 Å². The van der Waals surface area contributed by atoms with Crippen LogP contribution in [0.2, 0.25) is 5.28 Å². The standard InChI is InChI=1S/C15H21ClN6O3S/c1-8(2)12-7-20(15-18-14(16)19-22(15)13(12)23)5-9-3-11-4-10(9)6-21(11)26(17,24)25/h7-11H,3-6H2,1-2H3,(H2,17,24,25)/t9-,10-,11+/m1/s1. The van der Waals surface area contributed by atoms with E-state index < -0.39 is 10.2 Å². The zero-order valence-electron chi connectivity index (χ0n) is 14.5. The summed E-state index contributed by atoms with van der Waals surface area (Å²) in [7, 11) is -3.64. The molecule has 1 aliphatic heterocycles. The lowest BCUT2D eigenvalue weighted by Gasteiger charge is -2.29. The highest BCUT2D eigenvalue weighted by Crippen LogP contribution is 2.43. The van der Waals surface area contributed by atoms with E-state index in [-0.39, 0.29) is 28.7 Å². The smallest absolute Gasteiger partial charge is 0.279 e. The molecule has 1 aliphatic carbocycles. The summed E-state index contributed by atoms with van der Waals surface area (Å²) < 4.78 is 27.9. The summed E-state index contributed by atoms with van der Waals surface area (Å²) in [5.74, 6) is 0.994. The summed E-state index contributed by atoms with van der Waals surface area (Å²) in [5, 5.41) is 9.34. The van der Waals surface area contributed by atoms with E-state index in [0.717, 1.165) is 12.8 Å². The molecule has 2 bridgehead atoms. The number of nitrogens with two attached hydrogens (primary N) is 1. The third-order valence-electron chi connectivity index (χ3n) is 5.57. The Morgan fingerprint density at radius 2 is 2.12 bits per heavy atom. The minimum absolute atomic E-state index is 0.0325. The predicted octanol–water partition coefficient (Wildman–Crippen LogP) is 0.582. The average Bonchev–Trinajstić information content (AvgIpc) is 3.22. The van der Waals surface area contributed by atoms with Crippen molar-refractivity contribution in [1.82, 2.24) is 23.5 Å². The highest BCUT2D eigenvalue weighted by atomic mass is 35.5. The molecule has 0 amide bonds. The molecular weight excluding hydrogens is 380 g/mol. The monoisotopic (exact) mass is 400 g/mol. The third-order valence-corrected chi connectivity index (χ3v) is 6.83. The van der Waals surface area contributed by atoms with Gasteiger partial charge >= 0.3 is 0 Å². The molecule has 2 fully saturated rings. The van der Waals surface area contributed by atoms with Crippen molar-refractivity contribution < 1.29 is 8.42 Å². The first kappa shape index (κ1) is 17.9. The fraction of sp³-hybridized carbons (Fsp3) is 0.667. The van der Waals surface area contributed by atoms with Gasteiger partial charge in [-0.15, -0.1) is 5.10 Å². The van der Waals surface area contributed by atoms with E-state index in [9.17, 15) is 13.2 Å². The fourth-order valence-corrected chi connectivity index (χ4v) is 5.48.